The fourth-order valence-electron chi connectivity index (χ4n) is 2.42. The molecule has 1 unspecified atom stereocenters. The molecule has 3 rings (SSSR count). The van der Waals surface area contributed by atoms with Crippen molar-refractivity contribution in [1.29, 1.82) is 0 Å². The quantitative estimate of drug-likeness (QED) is 0.804. The van der Waals surface area contributed by atoms with E-state index in [9.17, 15) is 4.79 Å². The highest BCUT2D eigenvalue weighted by Gasteiger charge is 2.36. The summed E-state index contributed by atoms with van der Waals surface area (Å²) in [4.78, 5) is 12.1. The van der Waals surface area contributed by atoms with Crippen molar-refractivity contribution in [3.63, 3.8) is 0 Å². The lowest BCUT2D eigenvalue weighted by Crippen LogP contribution is -2.01. The van der Waals surface area contributed by atoms with Gasteiger partial charge < -0.3 is 14.2 Å². The van der Waals surface area contributed by atoms with E-state index in [1.165, 1.54) is 0 Å². The third kappa shape index (κ3) is 1.90. The van der Waals surface area contributed by atoms with Gasteiger partial charge in [0.05, 0.1) is 25.3 Å². The summed E-state index contributed by atoms with van der Waals surface area (Å²) in [5, 5.41) is 0. The number of carbonyl (C=O) groups excluding carboxylic acids is 1. The van der Waals surface area contributed by atoms with Crippen LogP contribution in [0.4, 0.5) is 0 Å². The second kappa shape index (κ2) is 4.89. The highest BCUT2D eigenvalue weighted by Crippen LogP contribution is 2.43. The van der Waals surface area contributed by atoms with Crippen LogP contribution in [0, 0.1) is 0 Å². The summed E-state index contributed by atoms with van der Waals surface area (Å²) in [5.41, 5.74) is 2.17. The second-order valence-corrected chi connectivity index (χ2v) is 4.49. The number of fused-ring (bicyclic) bond motifs is 1. The van der Waals surface area contributed by atoms with Gasteiger partial charge >= 0.3 is 5.97 Å². The first kappa shape index (κ1) is 12.5. The number of esters is 1. The Labute approximate surface area is 116 Å². The first-order chi connectivity index (χ1) is 9.74. The maximum Gasteiger partial charge on any atom is 0.339 e. The summed E-state index contributed by atoms with van der Waals surface area (Å²) >= 11 is 0. The monoisotopic (exact) mass is 270 g/mol. The van der Waals surface area contributed by atoms with Crippen molar-refractivity contribution >= 4 is 5.97 Å². The van der Waals surface area contributed by atoms with E-state index in [-0.39, 0.29) is 5.97 Å². The zero-order valence-electron chi connectivity index (χ0n) is 11.3. The number of carbonyl (C=O) groups is 1. The van der Waals surface area contributed by atoms with Crippen LogP contribution in [0.3, 0.4) is 0 Å². The van der Waals surface area contributed by atoms with Gasteiger partial charge in [0.2, 0.25) is 0 Å². The molecule has 1 atom stereocenters. The van der Waals surface area contributed by atoms with E-state index in [0.717, 1.165) is 11.1 Å². The van der Waals surface area contributed by atoms with Gasteiger partial charge in [0, 0.05) is 6.07 Å². The van der Waals surface area contributed by atoms with Gasteiger partial charge in [-0.2, -0.15) is 0 Å². The average Bonchev–Trinajstić information content (AvgIpc) is 2.84. The summed E-state index contributed by atoms with van der Waals surface area (Å²) in [7, 11) is 3.12. The Balaban J connectivity index is 2.17. The van der Waals surface area contributed by atoms with Crippen LogP contribution >= 0.6 is 0 Å². The minimum atomic E-state index is -0.431. The van der Waals surface area contributed by atoms with E-state index in [1.807, 2.05) is 30.3 Å². The fourth-order valence-corrected chi connectivity index (χ4v) is 2.42. The predicted octanol–water partition coefficient (Wildman–Crippen LogP) is 2.96. The standard InChI is InChI=1S/C16H14O4/c1-18-11-8-12-14(13(9-11)19-2)15(20-16(12)17)10-6-4-3-5-7-10/h3-9,15H,1-2H3. The van der Waals surface area contributed by atoms with Crippen molar-refractivity contribution in [2.24, 2.45) is 0 Å². The summed E-state index contributed by atoms with van der Waals surface area (Å²) in [6.07, 6.45) is -0.431. The van der Waals surface area contributed by atoms with Crippen LogP contribution in [-0.2, 0) is 4.74 Å². The minimum absolute atomic E-state index is 0.356. The van der Waals surface area contributed by atoms with Gasteiger partial charge in [-0.1, -0.05) is 30.3 Å². The Bertz CT molecular complexity index is 649. The first-order valence-electron chi connectivity index (χ1n) is 6.26. The molecule has 0 N–H and O–H groups in total. The number of cyclic esters (lactones) is 1. The lowest BCUT2D eigenvalue weighted by atomic mass is 9.98. The topological polar surface area (TPSA) is 44.8 Å². The van der Waals surface area contributed by atoms with E-state index in [4.69, 9.17) is 14.2 Å². The van der Waals surface area contributed by atoms with Crippen molar-refractivity contribution in [2.45, 2.75) is 6.10 Å². The van der Waals surface area contributed by atoms with Crippen molar-refractivity contribution in [3.05, 3.63) is 59.2 Å². The van der Waals surface area contributed by atoms with Crippen molar-refractivity contribution in [1.82, 2.24) is 0 Å². The Kier molecular flexibility index (Phi) is 3.06. The molecule has 4 nitrogen and oxygen atoms in total. The molecule has 0 radical (unpaired) electrons. The third-order valence-electron chi connectivity index (χ3n) is 3.38. The number of ether oxygens (including phenoxy) is 3. The summed E-state index contributed by atoms with van der Waals surface area (Å²) in [6.45, 7) is 0. The van der Waals surface area contributed by atoms with Gasteiger partial charge in [0.1, 0.15) is 11.5 Å². The van der Waals surface area contributed by atoms with E-state index in [0.29, 0.717) is 17.1 Å². The molecule has 1 heterocycles. The van der Waals surface area contributed by atoms with E-state index >= 15 is 0 Å². The minimum Gasteiger partial charge on any atom is -0.497 e. The van der Waals surface area contributed by atoms with Crippen LogP contribution in [-0.4, -0.2) is 20.2 Å². The Morgan fingerprint density at radius 3 is 2.45 bits per heavy atom. The Morgan fingerprint density at radius 1 is 1.05 bits per heavy atom. The highest BCUT2D eigenvalue weighted by molar-refractivity contribution is 5.96. The molecule has 102 valence electrons. The molecule has 0 saturated heterocycles. The van der Waals surface area contributed by atoms with Crippen molar-refractivity contribution in [3.8, 4) is 11.5 Å². The molecular formula is C16H14O4. The summed E-state index contributed by atoms with van der Waals surface area (Å²) in [5.74, 6) is 0.816. The predicted molar refractivity (Wildman–Crippen MR) is 73.2 cm³/mol. The molecule has 0 spiro atoms. The maximum atomic E-state index is 12.1. The normalized spacial score (nSPS) is 16.5. The molecule has 0 fully saturated rings. The molecule has 0 aromatic heterocycles. The zero-order valence-corrected chi connectivity index (χ0v) is 11.3. The second-order valence-electron chi connectivity index (χ2n) is 4.49. The number of methoxy groups -OCH3 is 2. The van der Waals surface area contributed by atoms with E-state index in [2.05, 4.69) is 0 Å². The first-order valence-corrected chi connectivity index (χ1v) is 6.26. The Hall–Kier alpha value is -2.49. The van der Waals surface area contributed by atoms with Crippen LogP contribution in [0.5, 0.6) is 11.5 Å². The molecule has 0 bridgehead atoms. The SMILES string of the molecule is COc1cc(OC)c2c(c1)C(=O)OC2c1ccccc1. The molecule has 0 saturated carbocycles. The van der Waals surface area contributed by atoms with Crippen LogP contribution < -0.4 is 9.47 Å². The van der Waals surface area contributed by atoms with Crippen LogP contribution in [0.2, 0.25) is 0 Å². The molecule has 1 aliphatic rings. The van der Waals surface area contributed by atoms with Crippen LogP contribution in [0.25, 0.3) is 0 Å². The van der Waals surface area contributed by atoms with Crippen molar-refractivity contribution in [2.75, 3.05) is 14.2 Å². The maximum absolute atomic E-state index is 12.1. The van der Waals surface area contributed by atoms with Gasteiger partial charge in [0.25, 0.3) is 0 Å². The molecule has 2 aromatic rings. The molecule has 2 aromatic carbocycles. The van der Waals surface area contributed by atoms with Gasteiger partial charge in [-0.25, -0.2) is 4.79 Å². The summed E-state index contributed by atoms with van der Waals surface area (Å²) in [6, 6.07) is 13.0. The number of hydrogen-bond acceptors (Lipinski definition) is 4. The average molecular weight is 270 g/mol. The number of hydrogen-bond donors (Lipinski definition) is 0. The number of rotatable bonds is 3. The smallest absolute Gasteiger partial charge is 0.339 e. The van der Waals surface area contributed by atoms with Gasteiger partial charge in [-0.15, -0.1) is 0 Å². The fraction of sp³-hybridized carbons (Fsp3) is 0.188. The van der Waals surface area contributed by atoms with E-state index < -0.39 is 6.10 Å². The van der Waals surface area contributed by atoms with Crippen LogP contribution in [0.1, 0.15) is 27.6 Å². The molecule has 1 aliphatic heterocycles. The van der Waals surface area contributed by atoms with E-state index in [1.54, 1.807) is 26.4 Å². The van der Waals surface area contributed by atoms with Crippen molar-refractivity contribution < 1.29 is 19.0 Å². The number of benzene rings is 2. The van der Waals surface area contributed by atoms with Gasteiger partial charge in [-0.3, -0.25) is 0 Å². The molecular weight excluding hydrogens is 256 g/mol. The molecule has 0 aliphatic carbocycles. The molecule has 0 amide bonds. The largest absolute Gasteiger partial charge is 0.497 e. The summed E-state index contributed by atoms with van der Waals surface area (Å²) < 4.78 is 16.1. The lowest BCUT2D eigenvalue weighted by molar-refractivity contribution is 0.0454. The van der Waals surface area contributed by atoms with Gasteiger partial charge in [-0.05, 0) is 11.6 Å². The van der Waals surface area contributed by atoms with Crippen LogP contribution in [0.15, 0.2) is 42.5 Å². The third-order valence-corrected chi connectivity index (χ3v) is 3.38. The van der Waals surface area contributed by atoms with Gasteiger partial charge in [0.15, 0.2) is 6.10 Å². The molecule has 20 heavy (non-hydrogen) atoms. The Morgan fingerprint density at radius 2 is 1.80 bits per heavy atom. The zero-order chi connectivity index (χ0) is 14.1. The molecule has 4 heteroatoms. The highest BCUT2D eigenvalue weighted by atomic mass is 16.6. The lowest BCUT2D eigenvalue weighted by Gasteiger charge is -2.14.